The minimum atomic E-state index is -0.235. The van der Waals surface area contributed by atoms with Crippen LogP contribution in [-0.4, -0.2) is 24.3 Å². The maximum atomic E-state index is 11.8. The van der Waals surface area contributed by atoms with E-state index >= 15 is 0 Å². The summed E-state index contributed by atoms with van der Waals surface area (Å²) in [5.74, 6) is 0.782. The van der Waals surface area contributed by atoms with Crippen molar-refractivity contribution in [3.05, 3.63) is 59.7 Å². The van der Waals surface area contributed by atoms with Crippen molar-refractivity contribution in [3.63, 3.8) is 0 Å². The summed E-state index contributed by atoms with van der Waals surface area (Å²) in [5, 5.41) is 14.6. The van der Waals surface area contributed by atoms with Crippen molar-refractivity contribution in [2.45, 2.75) is 20.0 Å². The van der Waals surface area contributed by atoms with E-state index in [1.807, 2.05) is 43.3 Å². The molecule has 0 aliphatic rings. The van der Waals surface area contributed by atoms with Crippen LogP contribution in [0.4, 0.5) is 10.5 Å². The number of aliphatic hydroxyl groups excluding tert-OH is 1. The van der Waals surface area contributed by atoms with Crippen LogP contribution in [0, 0.1) is 0 Å². The summed E-state index contributed by atoms with van der Waals surface area (Å²) in [6.07, 6.45) is 0.738. The Kier molecular flexibility index (Phi) is 6.44. The summed E-state index contributed by atoms with van der Waals surface area (Å²) in [5.41, 5.74) is 2.72. The average molecular weight is 314 g/mol. The van der Waals surface area contributed by atoms with Gasteiger partial charge in [0, 0.05) is 12.2 Å². The number of hydrogen-bond acceptors (Lipinski definition) is 3. The lowest BCUT2D eigenvalue weighted by Crippen LogP contribution is -2.30. The summed E-state index contributed by atoms with van der Waals surface area (Å²) in [7, 11) is 0. The highest BCUT2D eigenvalue weighted by Crippen LogP contribution is 2.15. The predicted octanol–water partition coefficient (Wildman–Crippen LogP) is 2.94. The second-order valence-electron chi connectivity index (χ2n) is 5.06. The standard InChI is InChI=1S/C18H22N2O3/c1-2-23-17-9-7-16(8-10-17)20-18(22)19-12-11-14-3-5-15(13-21)6-4-14/h3-10,21H,2,11-13H2,1H3,(H2,19,20,22). The van der Waals surface area contributed by atoms with Gasteiger partial charge in [-0.2, -0.15) is 0 Å². The first-order valence-corrected chi connectivity index (χ1v) is 7.67. The summed E-state index contributed by atoms with van der Waals surface area (Å²) >= 11 is 0. The van der Waals surface area contributed by atoms with Crippen LogP contribution in [0.3, 0.4) is 0 Å². The lowest BCUT2D eigenvalue weighted by molar-refractivity contribution is 0.252. The van der Waals surface area contributed by atoms with E-state index in [0.29, 0.717) is 13.2 Å². The van der Waals surface area contributed by atoms with Crippen molar-refractivity contribution < 1.29 is 14.6 Å². The van der Waals surface area contributed by atoms with Crippen LogP contribution in [0.1, 0.15) is 18.1 Å². The Hall–Kier alpha value is -2.53. The SMILES string of the molecule is CCOc1ccc(NC(=O)NCCc2ccc(CO)cc2)cc1. The highest BCUT2D eigenvalue weighted by Gasteiger charge is 2.02. The number of urea groups is 1. The van der Waals surface area contributed by atoms with Crippen molar-refractivity contribution in [2.75, 3.05) is 18.5 Å². The number of rotatable bonds is 7. The molecule has 0 atom stereocenters. The highest BCUT2D eigenvalue weighted by atomic mass is 16.5. The molecule has 5 nitrogen and oxygen atoms in total. The van der Waals surface area contributed by atoms with E-state index in [4.69, 9.17) is 9.84 Å². The Labute approximate surface area is 136 Å². The van der Waals surface area contributed by atoms with Crippen LogP contribution in [-0.2, 0) is 13.0 Å². The minimum absolute atomic E-state index is 0.0447. The third-order valence-corrected chi connectivity index (χ3v) is 3.33. The Bertz CT molecular complexity index is 609. The Morgan fingerprint density at radius 3 is 2.30 bits per heavy atom. The molecule has 0 spiro atoms. The molecule has 2 aromatic rings. The van der Waals surface area contributed by atoms with Gasteiger partial charge in [0.05, 0.1) is 13.2 Å². The van der Waals surface area contributed by atoms with Crippen LogP contribution in [0.5, 0.6) is 5.75 Å². The van der Waals surface area contributed by atoms with Gasteiger partial charge in [0.15, 0.2) is 0 Å². The zero-order valence-electron chi connectivity index (χ0n) is 13.2. The summed E-state index contributed by atoms with van der Waals surface area (Å²) in [6.45, 7) is 3.13. The van der Waals surface area contributed by atoms with E-state index in [9.17, 15) is 4.79 Å². The highest BCUT2D eigenvalue weighted by molar-refractivity contribution is 5.89. The summed E-state index contributed by atoms with van der Waals surface area (Å²) in [4.78, 5) is 11.8. The average Bonchev–Trinajstić information content (AvgIpc) is 2.57. The van der Waals surface area contributed by atoms with Gasteiger partial charge in [-0.3, -0.25) is 0 Å². The van der Waals surface area contributed by atoms with Crippen molar-refractivity contribution in [3.8, 4) is 5.75 Å². The van der Waals surface area contributed by atoms with E-state index in [1.54, 1.807) is 12.1 Å². The fourth-order valence-electron chi connectivity index (χ4n) is 2.11. The van der Waals surface area contributed by atoms with Gasteiger partial charge in [0.1, 0.15) is 5.75 Å². The van der Waals surface area contributed by atoms with Gasteiger partial charge in [-0.15, -0.1) is 0 Å². The van der Waals surface area contributed by atoms with Crippen LogP contribution in [0.2, 0.25) is 0 Å². The molecule has 0 heterocycles. The number of carbonyl (C=O) groups is 1. The third-order valence-electron chi connectivity index (χ3n) is 3.33. The molecule has 0 aromatic heterocycles. The zero-order chi connectivity index (χ0) is 16.5. The molecule has 0 radical (unpaired) electrons. The molecule has 23 heavy (non-hydrogen) atoms. The number of ether oxygens (including phenoxy) is 1. The van der Waals surface area contributed by atoms with Gasteiger partial charge in [0.2, 0.25) is 0 Å². The van der Waals surface area contributed by atoms with Crippen LogP contribution in [0.25, 0.3) is 0 Å². The maximum Gasteiger partial charge on any atom is 0.319 e. The molecule has 3 N–H and O–H groups in total. The summed E-state index contributed by atoms with van der Waals surface area (Å²) < 4.78 is 5.35. The largest absolute Gasteiger partial charge is 0.494 e. The molecule has 0 fully saturated rings. The summed E-state index contributed by atoms with van der Waals surface area (Å²) in [6, 6.07) is 14.7. The zero-order valence-corrected chi connectivity index (χ0v) is 13.2. The molecule has 2 amide bonds. The van der Waals surface area contributed by atoms with Crippen LogP contribution in [0.15, 0.2) is 48.5 Å². The first kappa shape index (κ1) is 16.8. The number of aliphatic hydroxyl groups is 1. The molecule has 0 bridgehead atoms. The third kappa shape index (κ3) is 5.64. The molecular weight excluding hydrogens is 292 g/mol. The monoisotopic (exact) mass is 314 g/mol. The molecule has 2 rings (SSSR count). The number of carbonyl (C=O) groups excluding carboxylic acids is 1. The van der Waals surface area contributed by atoms with Gasteiger partial charge in [-0.1, -0.05) is 24.3 Å². The van der Waals surface area contributed by atoms with Crippen molar-refractivity contribution >= 4 is 11.7 Å². The number of anilines is 1. The maximum absolute atomic E-state index is 11.8. The van der Waals surface area contributed by atoms with E-state index in [0.717, 1.165) is 29.0 Å². The van der Waals surface area contributed by atoms with E-state index in [2.05, 4.69) is 10.6 Å². The number of hydrogen-bond donors (Lipinski definition) is 3. The smallest absolute Gasteiger partial charge is 0.319 e. The normalized spacial score (nSPS) is 10.2. The van der Waals surface area contributed by atoms with Crippen molar-refractivity contribution in [2.24, 2.45) is 0 Å². The van der Waals surface area contributed by atoms with Gasteiger partial charge >= 0.3 is 6.03 Å². The Balaban J connectivity index is 1.73. The molecule has 0 saturated carbocycles. The van der Waals surface area contributed by atoms with Crippen molar-refractivity contribution in [1.82, 2.24) is 5.32 Å². The topological polar surface area (TPSA) is 70.6 Å². The molecule has 5 heteroatoms. The van der Waals surface area contributed by atoms with E-state index in [1.165, 1.54) is 0 Å². The van der Waals surface area contributed by atoms with E-state index in [-0.39, 0.29) is 12.6 Å². The Morgan fingerprint density at radius 1 is 1.04 bits per heavy atom. The lowest BCUT2D eigenvalue weighted by Gasteiger charge is -2.09. The fourth-order valence-corrected chi connectivity index (χ4v) is 2.11. The molecular formula is C18H22N2O3. The number of benzene rings is 2. The number of amides is 2. The predicted molar refractivity (Wildman–Crippen MR) is 90.7 cm³/mol. The number of nitrogens with one attached hydrogen (secondary N) is 2. The van der Waals surface area contributed by atoms with Crippen LogP contribution < -0.4 is 15.4 Å². The van der Waals surface area contributed by atoms with Gasteiger partial charge in [0.25, 0.3) is 0 Å². The minimum Gasteiger partial charge on any atom is -0.494 e. The molecule has 0 aliphatic heterocycles. The second-order valence-corrected chi connectivity index (χ2v) is 5.06. The molecule has 2 aromatic carbocycles. The van der Waals surface area contributed by atoms with E-state index < -0.39 is 0 Å². The first-order valence-electron chi connectivity index (χ1n) is 7.67. The van der Waals surface area contributed by atoms with Crippen molar-refractivity contribution in [1.29, 1.82) is 0 Å². The van der Waals surface area contributed by atoms with Gasteiger partial charge < -0.3 is 20.5 Å². The van der Waals surface area contributed by atoms with Crippen LogP contribution >= 0.6 is 0 Å². The lowest BCUT2D eigenvalue weighted by atomic mass is 10.1. The quantitative estimate of drug-likeness (QED) is 0.736. The second kappa shape index (κ2) is 8.80. The molecule has 122 valence electrons. The van der Waals surface area contributed by atoms with Gasteiger partial charge in [-0.05, 0) is 48.7 Å². The van der Waals surface area contributed by atoms with Gasteiger partial charge in [-0.25, -0.2) is 4.79 Å². The molecule has 0 unspecified atom stereocenters. The molecule has 0 aliphatic carbocycles. The fraction of sp³-hybridized carbons (Fsp3) is 0.278. The molecule has 0 saturated heterocycles. The Morgan fingerprint density at radius 2 is 1.70 bits per heavy atom. The first-order chi connectivity index (χ1) is 11.2.